The van der Waals surface area contributed by atoms with E-state index >= 15 is 0 Å². The summed E-state index contributed by atoms with van der Waals surface area (Å²) in [6.45, 7) is 3.72. The lowest BCUT2D eigenvalue weighted by molar-refractivity contribution is 0.623. The van der Waals surface area contributed by atoms with Crippen LogP contribution in [0.25, 0.3) is 0 Å². The number of hydrogen-bond acceptors (Lipinski definition) is 2. The van der Waals surface area contributed by atoms with Gasteiger partial charge in [-0.1, -0.05) is 22.9 Å². The van der Waals surface area contributed by atoms with Crippen LogP contribution < -0.4 is 10.6 Å². The first-order chi connectivity index (χ1) is 9.58. The molecule has 0 aliphatic rings. The summed E-state index contributed by atoms with van der Waals surface area (Å²) in [4.78, 5) is 2.22. The van der Waals surface area contributed by atoms with Crippen LogP contribution in [0.3, 0.4) is 0 Å². The van der Waals surface area contributed by atoms with E-state index in [1.165, 1.54) is 6.07 Å². The SMILES string of the molecule is CCCN(Cc1cc(F)cc(Br)c1)c1ccc(N)cc1. The van der Waals surface area contributed by atoms with Crippen LogP contribution in [-0.4, -0.2) is 6.54 Å². The van der Waals surface area contributed by atoms with Gasteiger partial charge in [-0.25, -0.2) is 4.39 Å². The lowest BCUT2D eigenvalue weighted by Crippen LogP contribution is -2.23. The Morgan fingerprint density at radius 1 is 1.15 bits per heavy atom. The topological polar surface area (TPSA) is 29.3 Å². The number of hydrogen-bond donors (Lipinski definition) is 1. The first kappa shape index (κ1) is 14.9. The second-order valence-corrected chi connectivity index (χ2v) is 5.71. The Morgan fingerprint density at radius 3 is 2.45 bits per heavy atom. The third-order valence-corrected chi connectivity index (χ3v) is 3.51. The maximum atomic E-state index is 13.5. The molecule has 2 N–H and O–H groups in total. The zero-order valence-corrected chi connectivity index (χ0v) is 13.0. The molecule has 0 atom stereocenters. The summed E-state index contributed by atoms with van der Waals surface area (Å²) in [5.41, 5.74) is 8.51. The van der Waals surface area contributed by atoms with Gasteiger partial charge >= 0.3 is 0 Å². The van der Waals surface area contributed by atoms with Gasteiger partial charge in [0.1, 0.15) is 5.82 Å². The molecule has 106 valence electrons. The summed E-state index contributed by atoms with van der Waals surface area (Å²) in [5, 5.41) is 0. The molecule has 2 aromatic rings. The molecule has 2 aromatic carbocycles. The summed E-state index contributed by atoms with van der Waals surface area (Å²) in [6, 6.07) is 12.8. The molecule has 0 heterocycles. The Bertz CT molecular complexity index is 549. The number of rotatable bonds is 5. The molecule has 0 saturated carbocycles. The second kappa shape index (κ2) is 6.75. The molecule has 0 aliphatic carbocycles. The Hall–Kier alpha value is -1.55. The summed E-state index contributed by atoms with van der Waals surface area (Å²) in [7, 11) is 0. The minimum atomic E-state index is -0.219. The molecule has 0 amide bonds. The van der Waals surface area contributed by atoms with Crippen molar-refractivity contribution in [1.29, 1.82) is 0 Å². The summed E-state index contributed by atoms with van der Waals surface area (Å²) in [5.74, 6) is -0.219. The highest BCUT2D eigenvalue weighted by Gasteiger charge is 2.08. The molecule has 0 bridgehead atoms. The zero-order valence-electron chi connectivity index (χ0n) is 11.4. The average molecular weight is 337 g/mol. The van der Waals surface area contributed by atoms with Gasteiger partial charge in [-0.05, 0) is 54.4 Å². The predicted molar refractivity (Wildman–Crippen MR) is 86.3 cm³/mol. The van der Waals surface area contributed by atoms with Gasteiger partial charge in [-0.3, -0.25) is 0 Å². The number of nitrogen functional groups attached to an aromatic ring is 1. The molecular weight excluding hydrogens is 319 g/mol. The van der Waals surface area contributed by atoms with Gasteiger partial charge in [0, 0.05) is 28.9 Å². The first-order valence-corrected chi connectivity index (χ1v) is 7.43. The van der Waals surface area contributed by atoms with Crippen molar-refractivity contribution in [2.75, 3.05) is 17.2 Å². The van der Waals surface area contributed by atoms with E-state index in [2.05, 4.69) is 27.8 Å². The predicted octanol–water partition coefficient (Wildman–Crippen LogP) is 4.59. The molecular formula is C16H18BrFN2. The van der Waals surface area contributed by atoms with Crippen LogP contribution in [0.4, 0.5) is 15.8 Å². The van der Waals surface area contributed by atoms with Gasteiger partial charge in [-0.2, -0.15) is 0 Å². The quantitative estimate of drug-likeness (QED) is 0.809. The normalized spacial score (nSPS) is 10.6. The molecule has 2 nitrogen and oxygen atoms in total. The van der Waals surface area contributed by atoms with Crippen LogP contribution in [0.1, 0.15) is 18.9 Å². The number of benzene rings is 2. The minimum Gasteiger partial charge on any atom is -0.399 e. The summed E-state index contributed by atoms with van der Waals surface area (Å²) in [6.07, 6.45) is 1.03. The molecule has 0 saturated heterocycles. The first-order valence-electron chi connectivity index (χ1n) is 6.64. The van der Waals surface area contributed by atoms with Crippen LogP contribution >= 0.6 is 15.9 Å². The van der Waals surface area contributed by atoms with Crippen molar-refractivity contribution in [3.63, 3.8) is 0 Å². The molecule has 0 aliphatic heterocycles. The van der Waals surface area contributed by atoms with Crippen molar-refractivity contribution < 1.29 is 4.39 Å². The molecule has 0 fully saturated rings. The number of nitrogens with zero attached hydrogens (tertiary/aromatic N) is 1. The molecule has 2 rings (SSSR count). The van der Waals surface area contributed by atoms with Gasteiger partial charge in [0.25, 0.3) is 0 Å². The highest BCUT2D eigenvalue weighted by molar-refractivity contribution is 9.10. The number of halogens is 2. The maximum Gasteiger partial charge on any atom is 0.124 e. The van der Waals surface area contributed by atoms with Crippen LogP contribution in [-0.2, 0) is 6.54 Å². The van der Waals surface area contributed by atoms with Gasteiger partial charge in [0.15, 0.2) is 0 Å². The fraction of sp³-hybridized carbons (Fsp3) is 0.250. The van der Waals surface area contributed by atoms with E-state index in [9.17, 15) is 4.39 Å². The Morgan fingerprint density at radius 2 is 1.85 bits per heavy atom. The van der Waals surface area contributed by atoms with E-state index < -0.39 is 0 Å². The Labute approximate surface area is 127 Å². The van der Waals surface area contributed by atoms with Gasteiger partial charge in [0.05, 0.1) is 0 Å². The van der Waals surface area contributed by atoms with Crippen LogP contribution in [0.5, 0.6) is 0 Å². The van der Waals surface area contributed by atoms with E-state index in [0.29, 0.717) is 6.54 Å². The van der Waals surface area contributed by atoms with Crippen molar-refractivity contribution in [1.82, 2.24) is 0 Å². The van der Waals surface area contributed by atoms with Crippen LogP contribution in [0.15, 0.2) is 46.9 Å². The van der Waals surface area contributed by atoms with E-state index in [1.807, 2.05) is 30.3 Å². The highest BCUT2D eigenvalue weighted by atomic mass is 79.9. The van der Waals surface area contributed by atoms with Crippen LogP contribution in [0.2, 0.25) is 0 Å². The largest absolute Gasteiger partial charge is 0.399 e. The average Bonchev–Trinajstić information content (AvgIpc) is 2.38. The standard InChI is InChI=1S/C16H18BrFN2/c1-2-7-20(16-5-3-15(19)4-6-16)11-12-8-13(17)10-14(18)9-12/h3-6,8-10H,2,7,11,19H2,1H3. The van der Waals surface area contributed by atoms with Crippen molar-refractivity contribution >= 4 is 27.3 Å². The molecule has 0 unspecified atom stereocenters. The Kier molecular flexibility index (Phi) is 5.01. The zero-order chi connectivity index (χ0) is 14.5. The van der Waals surface area contributed by atoms with Gasteiger partial charge in [-0.15, -0.1) is 0 Å². The molecule has 20 heavy (non-hydrogen) atoms. The summed E-state index contributed by atoms with van der Waals surface area (Å²) < 4.78 is 14.2. The van der Waals surface area contributed by atoms with E-state index in [0.717, 1.165) is 34.4 Å². The van der Waals surface area contributed by atoms with Gasteiger partial charge < -0.3 is 10.6 Å². The van der Waals surface area contributed by atoms with Crippen LogP contribution in [0, 0.1) is 5.82 Å². The smallest absolute Gasteiger partial charge is 0.124 e. The van der Waals surface area contributed by atoms with E-state index in [1.54, 1.807) is 6.07 Å². The lowest BCUT2D eigenvalue weighted by atomic mass is 10.1. The third kappa shape index (κ3) is 3.97. The van der Waals surface area contributed by atoms with Crippen molar-refractivity contribution in [2.45, 2.75) is 19.9 Å². The number of anilines is 2. The molecule has 0 spiro atoms. The van der Waals surface area contributed by atoms with Crippen molar-refractivity contribution in [3.05, 3.63) is 58.3 Å². The van der Waals surface area contributed by atoms with Crippen molar-refractivity contribution in [2.24, 2.45) is 0 Å². The summed E-state index contributed by atoms with van der Waals surface area (Å²) >= 11 is 3.33. The molecule has 0 radical (unpaired) electrons. The monoisotopic (exact) mass is 336 g/mol. The lowest BCUT2D eigenvalue weighted by Gasteiger charge is -2.24. The highest BCUT2D eigenvalue weighted by Crippen LogP contribution is 2.21. The molecule has 4 heteroatoms. The van der Waals surface area contributed by atoms with Gasteiger partial charge in [0.2, 0.25) is 0 Å². The fourth-order valence-corrected chi connectivity index (χ4v) is 2.69. The number of nitrogens with two attached hydrogens (primary N) is 1. The minimum absolute atomic E-state index is 0.219. The maximum absolute atomic E-state index is 13.5. The van der Waals surface area contributed by atoms with E-state index in [-0.39, 0.29) is 5.82 Å². The Balaban J connectivity index is 2.22. The van der Waals surface area contributed by atoms with Crippen molar-refractivity contribution in [3.8, 4) is 0 Å². The third-order valence-electron chi connectivity index (χ3n) is 3.05. The second-order valence-electron chi connectivity index (χ2n) is 4.79. The molecule has 0 aromatic heterocycles. The fourth-order valence-electron chi connectivity index (χ4n) is 2.18. The van der Waals surface area contributed by atoms with E-state index in [4.69, 9.17) is 5.73 Å².